The number of carbonyl (C=O) groups excluding carboxylic acids is 1. The number of hydrogen-bond acceptors (Lipinski definition) is 5. The fourth-order valence-electron chi connectivity index (χ4n) is 3.46. The van der Waals surface area contributed by atoms with E-state index in [0.29, 0.717) is 22.5 Å². The smallest absolute Gasteiger partial charge is 0.434 e. The van der Waals surface area contributed by atoms with Crippen LogP contribution < -0.4 is 5.32 Å². The lowest BCUT2D eigenvalue weighted by atomic mass is 9.97. The second-order valence-electron chi connectivity index (χ2n) is 6.79. The van der Waals surface area contributed by atoms with Crippen molar-refractivity contribution in [2.24, 2.45) is 0 Å². The Bertz CT molecular complexity index is 1150. The van der Waals surface area contributed by atoms with Crippen molar-refractivity contribution in [3.05, 3.63) is 57.9 Å². The van der Waals surface area contributed by atoms with Gasteiger partial charge in [-0.05, 0) is 41.4 Å². The number of hydrogen-bond donors (Lipinski definition) is 1. The van der Waals surface area contributed by atoms with Gasteiger partial charge >= 0.3 is 18.3 Å². The molecule has 3 heterocycles. The van der Waals surface area contributed by atoms with E-state index in [1.807, 2.05) is 0 Å². The van der Waals surface area contributed by atoms with Gasteiger partial charge in [-0.1, -0.05) is 12.1 Å². The molecule has 12 heteroatoms. The highest BCUT2D eigenvalue weighted by Crippen LogP contribution is 2.42. The maximum absolute atomic E-state index is 13.0. The zero-order valence-corrected chi connectivity index (χ0v) is 16.4. The molecule has 1 aliphatic rings. The number of para-hydroxylation sites is 2. The molecule has 31 heavy (non-hydrogen) atoms. The van der Waals surface area contributed by atoms with Crippen molar-refractivity contribution in [3.63, 3.8) is 0 Å². The van der Waals surface area contributed by atoms with Crippen LogP contribution in [0.15, 0.2) is 52.4 Å². The van der Waals surface area contributed by atoms with Gasteiger partial charge in [0, 0.05) is 5.70 Å². The quantitative estimate of drug-likeness (QED) is 0.418. The minimum Gasteiger partial charge on any atom is -0.439 e. The normalized spacial score (nSPS) is 17.1. The largest absolute Gasteiger partial charge is 0.439 e. The van der Waals surface area contributed by atoms with E-state index < -0.39 is 30.5 Å². The number of halogens is 6. The van der Waals surface area contributed by atoms with Crippen LogP contribution in [0.3, 0.4) is 0 Å². The molecule has 164 valence electrons. The number of nitrogens with zero attached hydrogens (tertiary/aromatic N) is 2. The van der Waals surface area contributed by atoms with Gasteiger partial charge in [-0.3, -0.25) is 4.57 Å². The fourth-order valence-corrected chi connectivity index (χ4v) is 4.14. The maximum Gasteiger partial charge on any atom is 0.434 e. The molecule has 1 N–H and O–H groups in total. The Morgan fingerprint density at radius 3 is 2.45 bits per heavy atom. The second-order valence-corrected chi connectivity index (χ2v) is 7.57. The third-order valence-electron chi connectivity index (χ3n) is 4.73. The summed E-state index contributed by atoms with van der Waals surface area (Å²) in [6.07, 6.45) is -15.9. The molecule has 0 saturated heterocycles. The molecule has 1 unspecified atom stereocenters. The molecular weight excluding hydrogens is 448 g/mol. The third kappa shape index (κ3) is 3.75. The lowest BCUT2D eigenvalue weighted by molar-refractivity contribution is -0.312. The Balaban J connectivity index is 1.83. The van der Waals surface area contributed by atoms with Crippen LogP contribution in [0.5, 0.6) is 0 Å². The third-order valence-corrected chi connectivity index (χ3v) is 5.43. The van der Waals surface area contributed by atoms with Gasteiger partial charge in [0.25, 0.3) is 6.10 Å². The van der Waals surface area contributed by atoms with E-state index >= 15 is 0 Å². The molecule has 0 radical (unpaired) electrons. The number of fused-ring (bicyclic) bond motifs is 3. The number of aromatic nitrogens is 2. The fraction of sp³-hybridized carbons (Fsp3) is 0.263. The molecule has 0 fully saturated rings. The summed E-state index contributed by atoms with van der Waals surface area (Å²) in [5, 5.41) is 6.13. The molecule has 1 aliphatic heterocycles. The highest BCUT2D eigenvalue weighted by atomic mass is 32.1. The summed E-state index contributed by atoms with van der Waals surface area (Å²) in [6, 6.07) is 7.42. The number of carbonyl (C=O) groups is 1. The number of alkyl halides is 6. The molecule has 0 amide bonds. The van der Waals surface area contributed by atoms with Crippen molar-refractivity contribution in [1.29, 1.82) is 0 Å². The lowest BCUT2D eigenvalue weighted by Crippen LogP contribution is -2.46. The minimum absolute atomic E-state index is 0.0482. The van der Waals surface area contributed by atoms with Crippen molar-refractivity contribution in [1.82, 2.24) is 9.55 Å². The predicted octanol–water partition coefficient (Wildman–Crippen LogP) is 5.42. The second kappa shape index (κ2) is 7.29. The summed E-state index contributed by atoms with van der Waals surface area (Å²) < 4.78 is 83.4. The van der Waals surface area contributed by atoms with Gasteiger partial charge in [-0.25, -0.2) is 9.78 Å². The number of ether oxygens (including phenoxy) is 1. The molecular formula is C19H13F6N3O2S. The number of benzene rings is 1. The summed E-state index contributed by atoms with van der Waals surface area (Å²) in [7, 11) is 0. The Hall–Kier alpha value is -3.02. The van der Waals surface area contributed by atoms with Crippen molar-refractivity contribution >= 4 is 34.3 Å². The first-order valence-corrected chi connectivity index (χ1v) is 9.74. The molecule has 0 bridgehead atoms. The molecule has 1 atom stereocenters. The van der Waals surface area contributed by atoms with Crippen LogP contribution in [-0.2, 0) is 9.53 Å². The summed E-state index contributed by atoms with van der Waals surface area (Å²) >= 11 is 1.26. The van der Waals surface area contributed by atoms with Crippen LogP contribution in [0, 0.1) is 0 Å². The van der Waals surface area contributed by atoms with Crippen LogP contribution in [0.2, 0.25) is 0 Å². The average Bonchev–Trinajstić information content (AvgIpc) is 3.30. The van der Waals surface area contributed by atoms with Crippen LogP contribution in [-0.4, -0.2) is 34.0 Å². The average molecular weight is 461 g/mol. The molecule has 0 spiro atoms. The lowest BCUT2D eigenvalue weighted by Gasteiger charge is -2.31. The number of thiophene rings is 1. The number of anilines is 1. The van der Waals surface area contributed by atoms with Gasteiger partial charge < -0.3 is 10.1 Å². The van der Waals surface area contributed by atoms with Gasteiger partial charge in [-0.2, -0.15) is 37.7 Å². The first kappa shape index (κ1) is 21.2. The summed E-state index contributed by atoms with van der Waals surface area (Å²) in [5.74, 6) is -1.42. The summed E-state index contributed by atoms with van der Waals surface area (Å²) in [4.78, 5) is 17.1. The first-order chi connectivity index (χ1) is 14.5. The van der Waals surface area contributed by atoms with E-state index in [-0.39, 0.29) is 11.3 Å². The van der Waals surface area contributed by atoms with E-state index in [4.69, 9.17) is 0 Å². The van der Waals surface area contributed by atoms with E-state index in [9.17, 15) is 31.1 Å². The Morgan fingerprint density at radius 2 is 1.84 bits per heavy atom. The Kier molecular flexibility index (Phi) is 4.99. The van der Waals surface area contributed by atoms with Crippen LogP contribution in [0.1, 0.15) is 18.5 Å². The number of imidazole rings is 1. The Morgan fingerprint density at radius 1 is 1.16 bits per heavy atom. The van der Waals surface area contributed by atoms with E-state index in [0.717, 1.165) is 0 Å². The molecule has 5 nitrogen and oxygen atoms in total. The minimum atomic E-state index is -5.81. The zero-order valence-electron chi connectivity index (χ0n) is 15.6. The van der Waals surface area contributed by atoms with E-state index in [2.05, 4.69) is 15.0 Å². The zero-order chi connectivity index (χ0) is 22.6. The van der Waals surface area contributed by atoms with E-state index in [1.54, 1.807) is 45.7 Å². The van der Waals surface area contributed by atoms with Crippen molar-refractivity contribution in [2.45, 2.75) is 31.4 Å². The van der Waals surface area contributed by atoms with Crippen molar-refractivity contribution in [3.8, 4) is 0 Å². The number of esters is 1. The number of rotatable bonds is 3. The number of nitrogens with one attached hydrogen (secondary N) is 1. The van der Waals surface area contributed by atoms with Crippen molar-refractivity contribution < 1.29 is 35.9 Å². The molecule has 4 rings (SSSR count). The highest BCUT2D eigenvalue weighted by molar-refractivity contribution is 7.08. The molecule has 2 aromatic heterocycles. The van der Waals surface area contributed by atoms with Gasteiger partial charge in [0.15, 0.2) is 0 Å². The molecule has 3 aromatic rings. The van der Waals surface area contributed by atoms with Gasteiger partial charge in [0.05, 0.1) is 22.6 Å². The predicted molar refractivity (Wildman–Crippen MR) is 101 cm³/mol. The Labute approximate surface area is 174 Å². The van der Waals surface area contributed by atoms with Crippen molar-refractivity contribution in [2.75, 3.05) is 5.32 Å². The summed E-state index contributed by atoms with van der Waals surface area (Å²) in [5.41, 5.74) is 1.26. The van der Waals surface area contributed by atoms with Crippen LogP contribution in [0.4, 0.5) is 32.3 Å². The van der Waals surface area contributed by atoms with Gasteiger partial charge in [0.2, 0.25) is 5.95 Å². The monoisotopic (exact) mass is 461 g/mol. The molecule has 1 aromatic carbocycles. The topological polar surface area (TPSA) is 56.2 Å². The standard InChI is InChI=1S/C19H13F6N3O2S/c1-9-13(15(29)30-16(18(20,21)22)19(23,24)25)14(10-6-7-31-8-10)28-12-5-3-2-4-11(12)27-17(28)26-9/h2-8,14,16H,1H3,(H,26,27). The van der Waals surface area contributed by atoms with Gasteiger partial charge in [0.1, 0.15) is 0 Å². The molecule has 0 aliphatic carbocycles. The highest BCUT2D eigenvalue weighted by Gasteiger charge is 2.60. The van der Waals surface area contributed by atoms with E-state index in [1.165, 1.54) is 18.3 Å². The summed E-state index contributed by atoms with van der Waals surface area (Å²) in [6.45, 7) is 1.37. The number of allylic oxidation sites excluding steroid dienone is 1. The van der Waals surface area contributed by atoms with Crippen LogP contribution in [0.25, 0.3) is 11.0 Å². The van der Waals surface area contributed by atoms with Crippen LogP contribution >= 0.6 is 11.3 Å². The first-order valence-electron chi connectivity index (χ1n) is 8.79. The SMILES string of the molecule is CC1=C(C(=O)OC(C(F)(F)F)C(F)(F)F)C(c2ccsc2)n2c(nc3ccccc32)N1. The maximum atomic E-state index is 13.0. The van der Waals surface area contributed by atoms with Gasteiger partial charge in [-0.15, -0.1) is 0 Å². The molecule has 0 saturated carbocycles.